The number of halogens is 3. The summed E-state index contributed by atoms with van der Waals surface area (Å²) in [5, 5.41) is 0.381. The van der Waals surface area contributed by atoms with Crippen LogP contribution in [0.15, 0.2) is 18.2 Å². The lowest BCUT2D eigenvalue weighted by atomic mass is 10.0. The van der Waals surface area contributed by atoms with E-state index in [0.717, 1.165) is 0 Å². The molecule has 0 bridgehead atoms. The molecule has 0 fully saturated rings. The summed E-state index contributed by atoms with van der Waals surface area (Å²) in [6, 6.07) is 3.31. The van der Waals surface area contributed by atoms with Gasteiger partial charge in [-0.3, -0.25) is 4.79 Å². The molecule has 0 radical (unpaired) electrons. The zero-order valence-electron chi connectivity index (χ0n) is 8.57. The quantitative estimate of drug-likeness (QED) is 0.857. The van der Waals surface area contributed by atoms with Gasteiger partial charge >= 0.3 is 5.97 Å². The van der Waals surface area contributed by atoms with Crippen molar-refractivity contribution in [3.05, 3.63) is 34.6 Å². The molecule has 1 atom stereocenters. The zero-order chi connectivity index (χ0) is 11.4. The van der Waals surface area contributed by atoms with E-state index in [9.17, 15) is 9.18 Å². The molecule has 0 spiro atoms. The largest absolute Gasteiger partial charge is 0.469 e. The maximum atomic E-state index is 13.3. The molecule has 0 unspecified atom stereocenters. The Bertz CT molecular complexity index is 374. The van der Waals surface area contributed by atoms with Gasteiger partial charge in [-0.25, -0.2) is 4.39 Å². The minimum atomic E-state index is -0.740. The summed E-state index contributed by atoms with van der Waals surface area (Å²) >= 11 is 5.69. The predicted octanol–water partition coefficient (Wildman–Crippen LogP) is 2.46. The average molecular weight is 268 g/mol. The fourth-order valence-corrected chi connectivity index (χ4v) is 1.35. The van der Waals surface area contributed by atoms with Gasteiger partial charge in [-0.1, -0.05) is 11.6 Å². The third-order valence-corrected chi connectivity index (χ3v) is 2.21. The molecule has 0 aliphatic carbocycles. The summed E-state index contributed by atoms with van der Waals surface area (Å²) in [7, 11) is 1.25. The van der Waals surface area contributed by atoms with Gasteiger partial charge in [-0.2, -0.15) is 0 Å². The number of benzene rings is 1. The second-order valence-electron chi connectivity index (χ2n) is 3.05. The van der Waals surface area contributed by atoms with Gasteiger partial charge in [0.2, 0.25) is 0 Å². The lowest BCUT2D eigenvalue weighted by Crippen LogP contribution is -2.17. The topological polar surface area (TPSA) is 52.3 Å². The first-order valence-corrected chi connectivity index (χ1v) is 4.69. The Morgan fingerprint density at radius 3 is 2.81 bits per heavy atom. The molecule has 1 rings (SSSR count). The van der Waals surface area contributed by atoms with Gasteiger partial charge in [0.05, 0.1) is 13.5 Å². The minimum Gasteiger partial charge on any atom is -0.469 e. The van der Waals surface area contributed by atoms with E-state index in [2.05, 4.69) is 4.74 Å². The van der Waals surface area contributed by atoms with E-state index in [1.807, 2.05) is 0 Å². The lowest BCUT2D eigenvalue weighted by Gasteiger charge is -2.11. The Labute approximate surface area is 104 Å². The molecule has 1 aromatic rings. The Kier molecular flexibility index (Phi) is 6.33. The van der Waals surface area contributed by atoms with Crippen LogP contribution in [0.3, 0.4) is 0 Å². The number of esters is 1. The molecule has 3 nitrogen and oxygen atoms in total. The van der Waals surface area contributed by atoms with Crippen molar-refractivity contribution >= 4 is 30.0 Å². The Morgan fingerprint density at radius 1 is 1.62 bits per heavy atom. The molecule has 90 valence electrons. The lowest BCUT2D eigenvalue weighted by molar-refractivity contribution is -0.141. The maximum Gasteiger partial charge on any atom is 0.307 e. The number of ether oxygens (including phenoxy) is 1. The van der Waals surface area contributed by atoms with Crippen LogP contribution in [0.25, 0.3) is 0 Å². The first-order chi connectivity index (χ1) is 7.04. The molecule has 1 aromatic carbocycles. The maximum absolute atomic E-state index is 13.3. The molecule has 0 heterocycles. The fraction of sp³-hybridized carbons (Fsp3) is 0.300. The first kappa shape index (κ1) is 15.2. The first-order valence-electron chi connectivity index (χ1n) is 4.32. The highest BCUT2D eigenvalue weighted by Crippen LogP contribution is 2.22. The van der Waals surface area contributed by atoms with Gasteiger partial charge in [0.25, 0.3) is 0 Å². The normalized spacial score (nSPS) is 11.5. The van der Waals surface area contributed by atoms with E-state index in [-0.39, 0.29) is 24.4 Å². The van der Waals surface area contributed by atoms with Crippen molar-refractivity contribution in [2.24, 2.45) is 5.73 Å². The molecular weight excluding hydrogens is 256 g/mol. The van der Waals surface area contributed by atoms with Crippen LogP contribution in [0, 0.1) is 5.82 Å². The van der Waals surface area contributed by atoms with Crippen molar-refractivity contribution in [1.29, 1.82) is 0 Å². The molecule has 0 aromatic heterocycles. The highest BCUT2D eigenvalue weighted by molar-refractivity contribution is 6.30. The smallest absolute Gasteiger partial charge is 0.307 e. The van der Waals surface area contributed by atoms with Crippen LogP contribution in [0.5, 0.6) is 0 Å². The van der Waals surface area contributed by atoms with E-state index in [4.69, 9.17) is 17.3 Å². The Morgan fingerprint density at radius 2 is 2.25 bits per heavy atom. The highest BCUT2D eigenvalue weighted by Gasteiger charge is 2.15. The number of carbonyl (C=O) groups excluding carboxylic acids is 1. The van der Waals surface area contributed by atoms with Gasteiger partial charge in [-0.05, 0) is 18.2 Å². The zero-order valence-corrected chi connectivity index (χ0v) is 10.1. The molecular formula is C10H12Cl2FNO2. The van der Waals surface area contributed by atoms with Gasteiger partial charge in [0.15, 0.2) is 0 Å². The van der Waals surface area contributed by atoms with Crippen molar-refractivity contribution in [1.82, 2.24) is 0 Å². The Hall–Kier alpha value is -0.840. The van der Waals surface area contributed by atoms with Gasteiger partial charge in [-0.15, -0.1) is 12.4 Å². The summed E-state index contributed by atoms with van der Waals surface area (Å²) in [6.07, 6.45) is -0.0756. The van der Waals surface area contributed by atoms with Crippen molar-refractivity contribution in [2.75, 3.05) is 7.11 Å². The number of carbonyl (C=O) groups is 1. The number of methoxy groups -OCH3 is 1. The molecule has 6 heteroatoms. The van der Waals surface area contributed by atoms with Crippen LogP contribution in [0.2, 0.25) is 5.02 Å². The third kappa shape index (κ3) is 3.96. The number of hydrogen-bond acceptors (Lipinski definition) is 3. The molecule has 0 aliphatic rings. The summed E-state index contributed by atoms with van der Waals surface area (Å²) < 4.78 is 17.7. The molecule has 0 aliphatic heterocycles. The van der Waals surface area contributed by atoms with Gasteiger partial charge in [0, 0.05) is 16.6 Å². The van der Waals surface area contributed by atoms with Gasteiger partial charge < -0.3 is 10.5 Å². The summed E-state index contributed by atoms with van der Waals surface area (Å²) in [5.74, 6) is -0.960. The predicted molar refractivity (Wildman–Crippen MR) is 62.2 cm³/mol. The van der Waals surface area contributed by atoms with Crippen molar-refractivity contribution in [3.8, 4) is 0 Å². The van der Waals surface area contributed by atoms with Crippen LogP contribution in [-0.2, 0) is 9.53 Å². The molecule has 0 amide bonds. The van der Waals surface area contributed by atoms with Crippen LogP contribution < -0.4 is 5.73 Å². The monoisotopic (exact) mass is 267 g/mol. The average Bonchev–Trinajstić information content (AvgIpc) is 2.21. The van der Waals surface area contributed by atoms with Crippen molar-refractivity contribution in [2.45, 2.75) is 12.5 Å². The fourth-order valence-electron chi connectivity index (χ4n) is 1.17. The van der Waals surface area contributed by atoms with Crippen LogP contribution in [-0.4, -0.2) is 13.1 Å². The second-order valence-corrected chi connectivity index (χ2v) is 3.49. The van der Waals surface area contributed by atoms with Crippen molar-refractivity contribution < 1.29 is 13.9 Å². The third-order valence-electron chi connectivity index (χ3n) is 1.97. The second kappa shape index (κ2) is 6.68. The molecule has 16 heavy (non-hydrogen) atoms. The van der Waals surface area contributed by atoms with E-state index in [1.54, 1.807) is 0 Å². The minimum absolute atomic E-state index is 0. The summed E-state index contributed by atoms with van der Waals surface area (Å²) in [6.45, 7) is 0. The van der Waals surface area contributed by atoms with E-state index in [0.29, 0.717) is 5.02 Å². The van der Waals surface area contributed by atoms with E-state index < -0.39 is 17.8 Å². The summed E-state index contributed by atoms with van der Waals surface area (Å²) in [5.41, 5.74) is 5.86. The van der Waals surface area contributed by atoms with Gasteiger partial charge in [0.1, 0.15) is 5.82 Å². The number of hydrogen-bond donors (Lipinski definition) is 1. The number of rotatable bonds is 3. The molecule has 2 N–H and O–H groups in total. The Balaban J connectivity index is 0.00000225. The summed E-state index contributed by atoms with van der Waals surface area (Å²) in [4.78, 5) is 10.9. The van der Waals surface area contributed by atoms with E-state index >= 15 is 0 Å². The highest BCUT2D eigenvalue weighted by atomic mass is 35.5. The van der Waals surface area contributed by atoms with Crippen LogP contribution in [0.4, 0.5) is 4.39 Å². The standard InChI is InChI=1S/C10H11ClFNO2.ClH/c1-15-10(14)5-9(13)7-4-6(11)2-3-8(7)12;/h2-4,9H,5,13H2,1H3;1H/t9-;/m0./s1. The van der Waals surface area contributed by atoms with Crippen LogP contribution >= 0.6 is 24.0 Å². The number of nitrogens with two attached hydrogens (primary N) is 1. The van der Waals surface area contributed by atoms with Crippen LogP contribution in [0.1, 0.15) is 18.0 Å². The SMILES string of the molecule is COC(=O)C[C@H](N)c1cc(Cl)ccc1F.Cl. The molecule has 0 saturated carbocycles. The van der Waals surface area contributed by atoms with E-state index in [1.165, 1.54) is 25.3 Å². The molecule has 0 saturated heterocycles. The van der Waals surface area contributed by atoms with Crippen molar-refractivity contribution in [3.63, 3.8) is 0 Å².